The van der Waals surface area contributed by atoms with Gasteiger partial charge in [0.05, 0.1) is 0 Å². The molecule has 0 unspecified atom stereocenters. The van der Waals surface area contributed by atoms with Crippen LogP contribution >= 0.6 is 11.3 Å². The molecule has 5 nitrogen and oxygen atoms in total. The normalized spacial score (nSPS) is 10.2. The maximum absolute atomic E-state index is 11.8. The Morgan fingerprint density at radius 1 is 1.53 bits per heavy atom. The van der Waals surface area contributed by atoms with Gasteiger partial charge in [-0.2, -0.15) is 0 Å². The van der Waals surface area contributed by atoms with E-state index < -0.39 is 5.91 Å². The van der Waals surface area contributed by atoms with Gasteiger partial charge in [-0.05, 0) is 19.1 Å². The molecule has 2 aromatic rings. The topological polar surface area (TPSA) is 64.0 Å². The van der Waals surface area contributed by atoms with Crippen LogP contribution in [0.5, 0.6) is 0 Å². The van der Waals surface area contributed by atoms with Crippen molar-refractivity contribution in [3.63, 3.8) is 0 Å². The summed E-state index contributed by atoms with van der Waals surface area (Å²) in [5.74, 6) is -0.430. The summed E-state index contributed by atoms with van der Waals surface area (Å²) in [4.78, 5) is 28.5. The van der Waals surface area contributed by atoms with Crippen LogP contribution in [0, 0.1) is 6.92 Å². The Balaban J connectivity index is 2.26. The van der Waals surface area contributed by atoms with Gasteiger partial charge in [0.2, 0.25) is 0 Å². The minimum Gasteiger partial charge on any atom is -0.318 e. The van der Waals surface area contributed by atoms with Gasteiger partial charge in [-0.15, -0.1) is 11.3 Å². The Bertz CT molecular complexity index is 615. The summed E-state index contributed by atoms with van der Waals surface area (Å²) in [7, 11) is 1.60. The molecule has 1 N–H and O–H groups in total. The fraction of sp³-hybridized carbons (Fsp3) is 0.182. The maximum atomic E-state index is 11.8. The van der Waals surface area contributed by atoms with Crippen molar-refractivity contribution in [3.8, 4) is 0 Å². The lowest BCUT2D eigenvalue weighted by Gasteiger charge is -2.02. The van der Waals surface area contributed by atoms with Gasteiger partial charge in [-0.3, -0.25) is 14.9 Å². The molecule has 0 radical (unpaired) electrons. The van der Waals surface area contributed by atoms with E-state index in [4.69, 9.17) is 0 Å². The fourth-order valence-corrected chi connectivity index (χ4v) is 2.01. The number of hydrogen-bond donors (Lipinski definition) is 1. The number of aryl methyl sites for hydroxylation is 2. The highest BCUT2D eigenvalue weighted by Gasteiger charge is 2.12. The number of nitrogens with one attached hydrogen (secondary N) is 1. The highest BCUT2D eigenvalue weighted by molar-refractivity contribution is 7.15. The van der Waals surface area contributed by atoms with Crippen LogP contribution in [0.1, 0.15) is 15.2 Å². The van der Waals surface area contributed by atoms with Crippen molar-refractivity contribution < 1.29 is 4.79 Å². The van der Waals surface area contributed by atoms with Crippen molar-refractivity contribution in [2.45, 2.75) is 6.92 Å². The molecular weight excluding hydrogens is 238 g/mol. The second-order valence-electron chi connectivity index (χ2n) is 3.57. The maximum Gasteiger partial charge on any atom is 0.263 e. The molecule has 0 bridgehead atoms. The van der Waals surface area contributed by atoms with E-state index in [9.17, 15) is 9.59 Å². The summed E-state index contributed by atoms with van der Waals surface area (Å²) in [5.41, 5.74) is -0.207. The Labute approximate surface area is 102 Å². The second kappa shape index (κ2) is 4.50. The first-order chi connectivity index (χ1) is 8.08. The van der Waals surface area contributed by atoms with E-state index in [1.54, 1.807) is 25.5 Å². The summed E-state index contributed by atoms with van der Waals surface area (Å²) < 4.78 is 1.36. The second-order valence-corrected chi connectivity index (χ2v) is 4.80. The number of aromatic nitrogens is 2. The number of carbonyl (C=O) groups excluding carboxylic acids is 1. The molecule has 2 rings (SSSR count). The summed E-state index contributed by atoms with van der Waals surface area (Å²) in [5, 5.41) is 3.10. The molecule has 0 atom stereocenters. The molecule has 0 aliphatic carbocycles. The third-order valence-electron chi connectivity index (χ3n) is 2.21. The lowest BCUT2D eigenvalue weighted by Crippen LogP contribution is -2.26. The van der Waals surface area contributed by atoms with Crippen LogP contribution in [-0.4, -0.2) is 15.5 Å². The van der Waals surface area contributed by atoms with E-state index in [1.165, 1.54) is 22.0 Å². The highest BCUT2D eigenvalue weighted by Crippen LogP contribution is 2.16. The van der Waals surface area contributed by atoms with Crippen LogP contribution in [0.15, 0.2) is 29.3 Å². The predicted octanol–water partition coefficient (Wildman–Crippen LogP) is 1.40. The van der Waals surface area contributed by atoms with E-state index in [-0.39, 0.29) is 11.1 Å². The van der Waals surface area contributed by atoms with Gasteiger partial charge >= 0.3 is 0 Å². The Kier molecular flexibility index (Phi) is 3.06. The van der Waals surface area contributed by atoms with E-state index in [1.807, 2.05) is 6.92 Å². The smallest absolute Gasteiger partial charge is 0.263 e. The van der Waals surface area contributed by atoms with Gasteiger partial charge in [0.1, 0.15) is 5.56 Å². The minimum atomic E-state index is -0.430. The number of hydrogen-bond acceptors (Lipinski definition) is 4. The van der Waals surface area contributed by atoms with Crippen molar-refractivity contribution in [2.75, 3.05) is 5.32 Å². The van der Waals surface area contributed by atoms with Crippen molar-refractivity contribution >= 4 is 22.4 Å². The third-order valence-corrected chi connectivity index (χ3v) is 3.04. The standard InChI is InChI=1S/C11H11N3O2S/c1-7-6-12-11(17-7)13-9(15)8-4-3-5-14(2)10(8)16/h3-6H,1-2H3,(H,12,13,15). The van der Waals surface area contributed by atoms with E-state index in [0.717, 1.165) is 4.88 Å². The molecule has 0 saturated carbocycles. The number of amides is 1. The first-order valence-electron chi connectivity index (χ1n) is 4.97. The number of rotatable bonds is 2. The van der Waals surface area contributed by atoms with Crippen molar-refractivity contribution in [2.24, 2.45) is 7.05 Å². The molecule has 6 heteroatoms. The van der Waals surface area contributed by atoms with E-state index in [0.29, 0.717) is 5.13 Å². The molecule has 2 heterocycles. The molecule has 0 saturated heterocycles. The molecule has 0 spiro atoms. The molecule has 17 heavy (non-hydrogen) atoms. The SMILES string of the molecule is Cc1cnc(NC(=O)c2cccn(C)c2=O)s1. The monoisotopic (exact) mass is 249 g/mol. The van der Waals surface area contributed by atoms with Crippen molar-refractivity contribution in [1.29, 1.82) is 0 Å². The van der Waals surface area contributed by atoms with Crippen LogP contribution in [0.3, 0.4) is 0 Å². The number of thiazole rings is 1. The average molecular weight is 249 g/mol. The Morgan fingerprint density at radius 3 is 2.94 bits per heavy atom. The minimum absolute atomic E-state index is 0.114. The average Bonchev–Trinajstić information content (AvgIpc) is 2.68. The van der Waals surface area contributed by atoms with Gasteiger partial charge in [-0.25, -0.2) is 4.98 Å². The molecule has 88 valence electrons. The number of pyridine rings is 1. The molecule has 0 aromatic carbocycles. The fourth-order valence-electron chi connectivity index (χ4n) is 1.35. The van der Waals surface area contributed by atoms with Gasteiger partial charge < -0.3 is 4.57 Å². The number of anilines is 1. The van der Waals surface area contributed by atoms with Gasteiger partial charge in [0.15, 0.2) is 5.13 Å². The van der Waals surface area contributed by atoms with Crippen LogP contribution in [-0.2, 0) is 7.05 Å². The van der Waals surface area contributed by atoms with Crippen LogP contribution in [0.4, 0.5) is 5.13 Å². The zero-order valence-corrected chi connectivity index (χ0v) is 10.2. The highest BCUT2D eigenvalue weighted by atomic mass is 32.1. The lowest BCUT2D eigenvalue weighted by molar-refractivity contribution is 0.102. The van der Waals surface area contributed by atoms with Crippen LogP contribution in [0.25, 0.3) is 0 Å². The zero-order chi connectivity index (χ0) is 12.4. The Hall–Kier alpha value is -1.95. The summed E-state index contributed by atoms with van der Waals surface area (Å²) in [6.45, 7) is 1.90. The van der Waals surface area contributed by atoms with Crippen molar-refractivity contribution in [1.82, 2.24) is 9.55 Å². The summed E-state index contributed by atoms with van der Waals surface area (Å²) >= 11 is 1.37. The zero-order valence-electron chi connectivity index (χ0n) is 9.43. The Morgan fingerprint density at radius 2 is 2.29 bits per heavy atom. The number of carbonyl (C=O) groups is 1. The van der Waals surface area contributed by atoms with Gasteiger partial charge in [0.25, 0.3) is 11.5 Å². The predicted molar refractivity (Wildman–Crippen MR) is 66.5 cm³/mol. The van der Waals surface area contributed by atoms with Gasteiger partial charge in [-0.1, -0.05) is 0 Å². The molecular formula is C11H11N3O2S. The molecule has 0 aliphatic heterocycles. The summed E-state index contributed by atoms with van der Waals surface area (Å²) in [6, 6.07) is 3.15. The molecule has 1 amide bonds. The van der Waals surface area contributed by atoms with Crippen LogP contribution in [0.2, 0.25) is 0 Å². The first kappa shape index (κ1) is 11.5. The lowest BCUT2D eigenvalue weighted by atomic mass is 10.2. The van der Waals surface area contributed by atoms with E-state index >= 15 is 0 Å². The van der Waals surface area contributed by atoms with Crippen molar-refractivity contribution in [3.05, 3.63) is 45.3 Å². The quantitative estimate of drug-likeness (QED) is 0.875. The van der Waals surface area contributed by atoms with Gasteiger partial charge in [0, 0.05) is 24.3 Å². The molecule has 2 aromatic heterocycles. The molecule has 0 aliphatic rings. The summed E-state index contributed by atoms with van der Waals surface area (Å²) in [6.07, 6.45) is 3.27. The molecule has 0 fully saturated rings. The van der Waals surface area contributed by atoms with Crippen LogP contribution < -0.4 is 10.9 Å². The first-order valence-corrected chi connectivity index (χ1v) is 5.79. The third kappa shape index (κ3) is 2.42. The van der Waals surface area contributed by atoms with E-state index in [2.05, 4.69) is 10.3 Å². The number of nitrogens with zero attached hydrogens (tertiary/aromatic N) is 2. The largest absolute Gasteiger partial charge is 0.318 e.